The molecule has 0 unspecified atom stereocenters. The van der Waals surface area contributed by atoms with Gasteiger partial charge in [-0.15, -0.1) is 11.3 Å². The van der Waals surface area contributed by atoms with E-state index >= 15 is 4.39 Å². The molecule has 13 heteroatoms. The first-order valence-corrected chi connectivity index (χ1v) is 17.1. The van der Waals surface area contributed by atoms with Gasteiger partial charge in [-0.3, -0.25) is 4.90 Å². The molecular weight excluding hydrogens is 632 g/mol. The highest BCUT2D eigenvalue weighted by atomic mass is 35.5. The van der Waals surface area contributed by atoms with E-state index in [2.05, 4.69) is 21.2 Å². The summed E-state index contributed by atoms with van der Waals surface area (Å²) >= 11 is 8.40. The number of aromatic nitrogens is 2. The molecule has 0 saturated carbocycles. The number of fused-ring (bicyclic) bond motifs is 7. The van der Waals surface area contributed by atoms with E-state index in [9.17, 15) is 9.65 Å². The number of anilines is 2. The van der Waals surface area contributed by atoms with Crippen molar-refractivity contribution in [2.45, 2.75) is 75.0 Å². The lowest BCUT2D eigenvalue weighted by atomic mass is 9.88. The first-order valence-electron chi connectivity index (χ1n) is 15.9. The van der Waals surface area contributed by atoms with Gasteiger partial charge in [0.05, 0.1) is 27.6 Å². The Kier molecular flexibility index (Phi) is 6.39. The Morgan fingerprint density at radius 3 is 3.00 bits per heavy atom. The number of benzene rings is 2. The molecule has 7 heterocycles. The Hall–Kier alpha value is -3.50. The Morgan fingerprint density at radius 2 is 2.15 bits per heavy atom. The zero-order valence-electron chi connectivity index (χ0n) is 25.2. The molecule has 5 aliphatic rings. The molecule has 9 nitrogen and oxygen atoms in total. The molecular formula is C33H32ClF2N7O2S. The molecule has 0 aliphatic carbocycles. The number of hydrogen-bond acceptors (Lipinski definition) is 10. The fourth-order valence-corrected chi connectivity index (χ4v) is 10.2. The second kappa shape index (κ2) is 10.2. The van der Waals surface area contributed by atoms with Gasteiger partial charge in [-0.25, -0.2) is 8.78 Å². The van der Waals surface area contributed by atoms with Crippen molar-refractivity contribution in [1.82, 2.24) is 20.2 Å². The number of nitriles is 1. The highest BCUT2D eigenvalue weighted by molar-refractivity contribution is 7.23. The average molecular weight is 664 g/mol. The van der Waals surface area contributed by atoms with Crippen LogP contribution in [0.15, 0.2) is 18.2 Å². The first-order chi connectivity index (χ1) is 22.3. The molecule has 9 rings (SSSR count). The van der Waals surface area contributed by atoms with Crippen molar-refractivity contribution in [3.05, 3.63) is 34.6 Å². The third-order valence-electron chi connectivity index (χ3n) is 11.0. The minimum absolute atomic E-state index is 0.0300. The van der Waals surface area contributed by atoms with E-state index in [1.807, 2.05) is 13.0 Å². The van der Waals surface area contributed by atoms with Crippen molar-refractivity contribution in [2.75, 3.05) is 36.9 Å². The summed E-state index contributed by atoms with van der Waals surface area (Å²) in [6, 6.07) is 8.00. The maximum absolute atomic E-state index is 17.2. The maximum atomic E-state index is 17.2. The molecule has 0 amide bonds. The summed E-state index contributed by atoms with van der Waals surface area (Å²) < 4.78 is 45.7. The monoisotopic (exact) mass is 663 g/mol. The molecule has 3 N–H and O–H groups in total. The molecule has 2 aromatic carbocycles. The standard InChI is InChI=1S/C33H32ClF2N7O2S/c1-15(33-8-3-9-42(33)12-16(35)10-33)45-32-40-28-25-29(44-14-21-20-7-6-17(39-20)13-43(21)31(25)41-32)26(34)24(27(28)36)18-4-2-5-22-23(18)19(11-37)30(38)46-22/h2,4-5,15-17,20-21,39H,3,6-10,12-14,38H2,1H3/t15-,16-,17-,20+,21-,33+/m1/s1. The number of thiophene rings is 1. The number of ether oxygens (including phenoxy) is 2. The topological polar surface area (TPSA) is 113 Å². The molecule has 6 atom stereocenters. The van der Waals surface area contributed by atoms with Crippen molar-refractivity contribution in [1.29, 1.82) is 5.26 Å². The summed E-state index contributed by atoms with van der Waals surface area (Å²) in [6.45, 7) is 4.15. The van der Waals surface area contributed by atoms with Crippen LogP contribution in [0.3, 0.4) is 0 Å². The van der Waals surface area contributed by atoms with Crippen LogP contribution in [0.4, 0.5) is 19.6 Å². The largest absolute Gasteiger partial charge is 0.489 e. The van der Waals surface area contributed by atoms with Gasteiger partial charge in [0.1, 0.15) is 41.3 Å². The molecule has 0 spiro atoms. The number of alkyl halides is 1. The van der Waals surface area contributed by atoms with Gasteiger partial charge in [0.15, 0.2) is 11.6 Å². The van der Waals surface area contributed by atoms with Gasteiger partial charge >= 0.3 is 6.01 Å². The highest BCUT2D eigenvalue weighted by Crippen LogP contribution is 2.52. The van der Waals surface area contributed by atoms with Gasteiger partial charge in [-0.2, -0.15) is 15.2 Å². The van der Waals surface area contributed by atoms with Gasteiger partial charge in [0, 0.05) is 47.2 Å². The molecule has 4 fully saturated rings. The summed E-state index contributed by atoms with van der Waals surface area (Å²) in [6.07, 6.45) is 2.86. The molecule has 2 bridgehead atoms. The number of hydrogen-bond donors (Lipinski definition) is 2. The van der Waals surface area contributed by atoms with E-state index in [-0.39, 0.29) is 45.8 Å². The third kappa shape index (κ3) is 3.95. The molecule has 4 aromatic rings. The molecule has 5 aliphatic heterocycles. The lowest BCUT2D eigenvalue weighted by Crippen LogP contribution is -2.60. The molecule has 0 radical (unpaired) electrons. The second-order valence-electron chi connectivity index (χ2n) is 13.3. The Balaban J connectivity index is 1.27. The molecule has 238 valence electrons. The first kappa shape index (κ1) is 28.7. The van der Waals surface area contributed by atoms with Crippen LogP contribution in [0.5, 0.6) is 11.8 Å². The zero-order valence-corrected chi connectivity index (χ0v) is 26.7. The quantitative estimate of drug-likeness (QED) is 0.280. The zero-order chi connectivity index (χ0) is 31.5. The summed E-state index contributed by atoms with van der Waals surface area (Å²) in [4.78, 5) is 14.1. The fourth-order valence-electron chi connectivity index (χ4n) is 8.90. The lowest BCUT2D eigenvalue weighted by Gasteiger charge is -2.40. The van der Waals surface area contributed by atoms with E-state index in [4.69, 9.17) is 36.8 Å². The Labute approximate surface area is 273 Å². The van der Waals surface area contributed by atoms with Crippen molar-refractivity contribution in [3.8, 4) is 29.0 Å². The van der Waals surface area contributed by atoms with Crippen molar-refractivity contribution in [3.63, 3.8) is 0 Å². The third-order valence-corrected chi connectivity index (χ3v) is 12.3. The van der Waals surface area contributed by atoms with Crippen molar-refractivity contribution >= 4 is 54.7 Å². The van der Waals surface area contributed by atoms with Gasteiger partial charge in [0.2, 0.25) is 0 Å². The molecule has 46 heavy (non-hydrogen) atoms. The highest BCUT2D eigenvalue weighted by Gasteiger charge is 2.53. The van der Waals surface area contributed by atoms with E-state index in [1.54, 1.807) is 12.1 Å². The summed E-state index contributed by atoms with van der Waals surface area (Å²) in [7, 11) is 0. The van der Waals surface area contributed by atoms with Crippen LogP contribution >= 0.6 is 22.9 Å². The number of halogens is 3. The summed E-state index contributed by atoms with van der Waals surface area (Å²) in [5.41, 5.74) is 6.59. The smallest absolute Gasteiger partial charge is 0.319 e. The minimum atomic E-state index is -0.917. The van der Waals surface area contributed by atoms with Crippen LogP contribution in [0.25, 0.3) is 32.1 Å². The van der Waals surface area contributed by atoms with Crippen LogP contribution < -0.4 is 25.4 Å². The van der Waals surface area contributed by atoms with Crippen LogP contribution in [-0.4, -0.2) is 77.0 Å². The van der Waals surface area contributed by atoms with Crippen LogP contribution in [0, 0.1) is 17.1 Å². The fraction of sp³-hybridized carbons (Fsp3) is 0.485. The molecule has 2 aromatic heterocycles. The van der Waals surface area contributed by atoms with Gasteiger partial charge in [0.25, 0.3) is 0 Å². The lowest BCUT2D eigenvalue weighted by molar-refractivity contribution is 0.0402. The number of nitrogens with two attached hydrogens (primary N) is 1. The Morgan fingerprint density at radius 1 is 1.28 bits per heavy atom. The van der Waals surface area contributed by atoms with E-state index < -0.39 is 23.6 Å². The number of nitrogens with one attached hydrogen (secondary N) is 1. The normalized spacial score (nSPS) is 29.0. The van der Waals surface area contributed by atoms with Gasteiger partial charge in [-0.05, 0) is 50.8 Å². The van der Waals surface area contributed by atoms with Gasteiger partial charge < -0.3 is 25.4 Å². The molecule has 4 saturated heterocycles. The predicted molar refractivity (Wildman–Crippen MR) is 174 cm³/mol. The summed E-state index contributed by atoms with van der Waals surface area (Å²) in [5.74, 6) is 0.182. The van der Waals surface area contributed by atoms with Crippen LogP contribution in [-0.2, 0) is 0 Å². The number of piperazine rings is 1. The summed E-state index contributed by atoms with van der Waals surface area (Å²) in [5, 5.41) is 15.1. The number of nitrogens with zero attached hydrogens (tertiary/aromatic N) is 5. The second-order valence-corrected chi connectivity index (χ2v) is 14.8. The van der Waals surface area contributed by atoms with E-state index in [0.717, 1.165) is 36.9 Å². The van der Waals surface area contributed by atoms with E-state index in [1.165, 1.54) is 11.3 Å². The minimum Gasteiger partial charge on any atom is -0.489 e. The number of rotatable bonds is 4. The van der Waals surface area contributed by atoms with Crippen LogP contribution in [0.2, 0.25) is 5.02 Å². The average Bonchev–Trinajstić information content (AvgIpc) is 3.76. The Bertz CT molecular complexity index is 1990. The van der Waals surface area contributed by atoms with Crippen molar-refractivity contribution < 1.29 is 18.3 Å². The van der Waals surface area contributed by atoms with Gasteiger partial charge in [-0.1, -0.05) is 23.7 Å². The SMILES string of the molecule is C[C@@H](Oc1nc2c3c(c(Cl)c(-c4cccc5sc(N)c(C#N)c45)c(F)c3n1)OC[C@@H]1[C@@H]3CC[C@H](CN21)N3)[C@@]12CCCN1C[C@H](F)C2. The van der Waals surface area contributed by atoms with Crippen molar-refractivity contribution in [2.24, 2.45) is 0 Å². The maximum Gasteiger partial charge on any atom is 0.319 e. The number of nitrogen functional groups attached to an aromatic ring is 1. The van der Waals surface area contributed by atoms with E-state index in [0.29, 0.717) is 59.0 Å². The van der Waals surface area contributed by atoms with Crippen LogP contribution in [0.1, 0.15) is 44.6 Å². The predicted octanol–water partition coefficient (Wildman–Crippen LogP) is 5.80.